The van der Waals surface area contributed by atoms with E-state index in [1.807, 2.05) is 0 Å². The lowest BCUT2D eigenvalue weighted by molar-refractivity contribution is -0.274. The smallest absolute Gasteiger partial charge is 0.481 e. The number of alkyl halides is 6. The van der Waals surface area contributed by atoms with Crippen molar-refractivity contribution in [3.8, 4) is 23.1 Å². The molecule has 2 aromatic carbocycles. The Hall–Kier alpha value is -4.22. The second-order valence-electron chi connectivity index (χ2n) is 7.29. The van der Waals surface area contributed by atoms with Gasteiger partial charge in [-0.05, 0) is 54.6 Å². The first-order valence-electron chi connectivity index (χ1n) is 9.82. The molecular formula is C23H14F6N2O4. The van der Waals surface area contributed by atoms with Crippen molar-refractivity contribution in [1.29, 1.82) is 0 Å². The van der Waals surface area contributed by atoms with Gasteiger partial charge in [-0.25, -0.2) is 4.98 Å². The number of aromatic nitrogens is 2. The number of hydrogen-bond donors (Lipinski definition) is 1. The number of pyridine rings is 1. The van der Waals surface area contributed by atoms with Gasteiger partial charge in [0.15, 0.2) is 0 Å². The van der Waals surface area contributed by atoms with Gasteiger partial charge in [0.05, 0.1) is 17.5 Å². The van der Waals surface area contributed by atoms with Crippen molar-refractivity contribution < 1.29 is 45.7 Å². The Morgan fingerprint density at radius 1 is 0.914 bits per heavy atom. The molecule has 4 aromatic rings. The van der Waals surface area contributed by atoms with Crippen LogP contribution in [0, 0.1) is 0 Å². The molecule has 182 valence electrons. The minimum atomic E-state index is -4.85. The zero-order chi connectivity index (χ0) is 25.4. The summed E-state index contributed by atoms with van der Waals surface area (Å²) >= 11 is 0. The fourth-order valence-corrected chi connectivity index (χ4v) is 3.43. The molecule has 2 aromatic heterocycles. The van der Waals surface area contributed by atoms with Gasteiger partial charge in [0.25, 0.3) is 0 Å². The Balaban J connectivity index is 1.67. The first-order chi connectivity index (χ1) is 16.4. The van der Waals surface area contributed by atoms with Crippen LogP contribution in [0.15, 0.2) is 66.9 Å². The maximum absolute atomic E-state index is 12.7. The zero-order valence-electron chi connectivity index (χ0n) is 17.4. The molecule has 4 rings (SSSR count). The third kappa shape index (κ3) is 5.65. The molecule has 0 bridgehead atoms. The van der Waals surface area contributed by atoms with E-state index in [9.17, 15) is 36.2 Å². The quantitative estimate of drug-likeness (QED) is 0.315. The summed E-state index contributed by atoms with van der Waals surface area (Å²) in [5, 5.41) is 9.82. The van der Waals surface area contributed by atoms with Gasteiger partial charge in [-0.3, -0.25) is 4.79 Å². The fourth-order valence-electron chi connectivity index (χ4n) is 3.43. The number of carboxylic acids is 1. The van der Waals surface area contributed by atoms with Gasteiger partial charge >= 0.3 is 18.5 Å². The van der Waals surface area contributed by atoms with Crippen LogP contribution >= 0.6 is 0 Å². The summed E-state index contributed by atoms with van der Waals surface area (Å²) in [5.74, 6) is -1.41. The number of rotatable bonds is 6. The Labute approximate surface area is 193 Å². The van der Waals surface area contributed by atoms with Crippen LogP contribution in [0.4, 0.5) is 26.3 Å². The maximum Gasteiger partial charge on any atom is 0.573 e. The van der Waals surface area contributed by atoms with Gasteiger partial charge in [-0.15, -0.1) is 13.2 Å². The lowest BCUT2D eigenvalue weighted by Crippen LogP contribution is -2.17. The largest absolute Gasteiger partial charge is 0.573 e. The molecule has 6 nitrogen and oxygen atoms in total. The molecule has 0 amide bonds. The molecular weight excluding hydrogens is 482 g/mol. The Bertz CT molecular complexity index is 1360. The van der Waals surface area contributed by atoms with Crippen molar-refractivity contribution in [2.45, 2.75) is 19.0 Å². The maximum atomic E-state index is 12.7. The van der Waals surface area contributed by atoms with Crippen LogP contribution in [0.5, 0.6) is 17.4 Å². The van der Waals surface area contributed by atoms with Gasteiger partial charge in [0, 0.05) is 29.0 Å². The van der Waals surface area contributed by atoms with Crippen LogP contribution in [0.25, 0.3) is 16.6 Å². The van der Waals surface area contributed by atoms with E-state index in [-0.39, 0.29) is 18.1 Å². The molecule has 0 fully saturated rings. The normalized spacial score (nSPS) is 12.1. The van der Waals surface area contributed by atoms with Crippen molar-refractivity contribution >= 4 is 16.9 Å². The van der Waals surface area contributed by atoms with E-state index in [4.69, 9.17) is 4.74 Å². The van der Waals surface area contributed by atoms with E-state index in [1.54, 1.807) is 16.7 Å². The summed E-state index contributed by atoms with van der Waals surface area (Å²) in [6.45, 7) is 0. The Kier molecular flexibility index (Phi) is 6.05. The summed E-state index contributed by atoms with van der Waals surface area (Å²) in [6, 6.07) is 13.0. The van der Waals surface area contributed by atoms with E-state index in [2.05, 4.69) is 9.72 Å². The molecule has 0 atom stereocenters. The van der Waals surface area contributed by atoms with Crippen LogP contribution in [0.2, 0.25) is 0 Å². The number of hydrogen-bond acceptors (Lipinski definition) is 4. The molecule has 12 heteroatoms. The van der Waals surface area contributed by atoms with Gasteiger partial charge in [0.1, 0.15) is 11.5 Å². The second-order valence-corrected chi connectivity index (χ2v) is 7.29. The van der Waals surface area contributed by atoms with E-state index in [1.165, 1.54) is 24.3 Å². The molecule has 0 aliphatic heterocycles. The number of benzene rings is 2. The average molecular weight is 496 g/mol. The molecule has 2 heterocycles. The number of nitrogens with zero attached hydrogens (tertiary/aromatic N) is 2. The van der Waals surface area contributed by atoms with Crippen molar-refractivity contribution in [2.24, 2.45) is 0 Å². The average Bonchev–Trinajstić information content (AvgIpc) is 3.09. The minimum absolute atomic E-state index is 0.0807. The van der Waals surface area contributed by atoms with Crippen molar-refractivity contribution in [1.82, 2.24) is 9.55 Å². The number of carboxylic acid groups (broad SMARTS) is 1. The number of halogens is 6. The summed E-state index contributed by atoms with van der Waals surface area (Å²) in [7, 11) is 0. The SMILES string of the molecule is O=C(O)Cc1cc2cc(Oc3ccc(C(F)(F)F)cn3)ccc2n1-c1ccc(OC(F)(F)F)cc1. The van der Waals surface area contributed by atoms with Crippen LogP contribution < -0.4 is 9.47 Å². The lowest BCUT2D eigenvalue weighted by atomic mass is 10.2. The van der Waals surface area contributed by atoms with E-state index in [0.717, 1.165) is 24.3 Å². The number of ether oxygens (including phenoxy) is 2. The number of carbonyl (C=O) groups is 1. The van der Waals surface area contributed by atoms with Gasteiger partial charge in [-0.1, -0.05) is 0 Å². The highest BCUT2D eigenvalue weighted by atomic mass is 19.4. The van der Waals surface area contributed by atoms with Gasteiger partial charge in [0.2, 0.25) is 5.88 Å². The molecule has 0 saturated carbocycles. The van der Waals surface area contributed by atoms with Crippen LogP contribution in [0.1, 0.15) is 11.3 Å². The molecule has 0 aliphatic rings. The highest BCUT2D eigenvalue weighted by molar-refractivity contribution is 5.86. The molecule has 0 saturated heterocycles. The summed E-state index contributed by atoms with van der Waals surface area (Å²) < 4.78 is 86.4. The number of aliphatic carboxylic acids is 1. The van der Waals surface area contributed by atoms with Crippen molar-refractivity contribution in [3.05, 3.63) is 78.1 Å². The molecule has 0 unspecified atom stereocenters. The summed E-state index contributed by atoms with van der Waals surface area (Å²) in [6.07, 6.45) is -9.13. The zero-order valence-corrected chi connectivity index (χ0v) is 17.4. The summed E-state index contributed by atoms with van der Waals surface area (Å²) in [4.78, 5) is 15.0. The summed E-state index contributed by atoms with van der Waals surface area (Å²) in [5.41, 5.74) is 0.325. The van der Waals surface area contributed by atoms with E-state index < -0.39 is 29.8 Å². The van der Waals surface area contributed by atoms with E-state index in [0.29, 0.717) is 28.5 Å². The molecule has 1 N–H and O–H groups in total. The second kappa shape index (κ2) is 8.85. The predicted octanol–water partition coefficient (Wildman–Crippen LogP) is 6.36. The van der Waals surface area contributed by atoms with Crippen molar-refractivity contribution in [3.63, 3.8) is 0 Å². The third-order valence-electron chi connectivity index (χ3n) is 4.80. The number of fused-ring (bicyclic) bond motifs is 1. The van der Waals surface area contributed by atoms with Crippen molar-refractivity contribution in [2.75, 3.05) is 0 Å². The van der Waals surface area contributed by atoms with Gasteiger partial charge in [-0.2, -0.15) is 13.2 Å². The Morgan fingerprint density at radius 3 is 2.17 bits per heavy atom. The highest BCUT2D eigenvalue weighted by Gasteiger charge is 2.31. The topological polar surface area (TPSA) is 73.6 Å². The highest BCUT2D eigenvalue weighted by Crippen LogP contribution is 2.33. The standard InChI is InChI=1S/C23H14F6N2O4/c24-22(25,26)14-1-8-20(30-12-14)34-18-6-7-19-13(10-18)9-16(11-21(32)33)31(19)15-2-4-17(5-3-15)35-23(27,28)29/h1-10,12H,11H2,(H,32,33). The Morgan fingerprint density at radius 2 is 1.60 bits per heavy atom. The molecule has 35 heavy (non-hydrogen) atoms. The van der Waals surface area contributed by atoms with Crippen LogP contribution in [0.3, 0.4) is 0 Å². The lowest BCUT2D eigenvalue weighted by Gasteiger charge is -2.13. The molecule has 0 aliphatic carbocycles. The first kappa shape index (κ1) is 23.9. The molecule has 0 radical (unpaired) electrons. The monoisotopic (exact) mass is 496 g/mol. The van der Waals surface area contributed by atoms with E-state index >= 15 is 0 Å². The minimum Gasteiger partial charge on any atom is -0.481 e. The first-order valence-corrected chi connectivity index (χ1v) is 9.82. The van der Waals surface area contributed by atoms with Gasteiger partial charge < -0.3 is 19.1 Å². The predicted molar refractivity (Wildman–Crippen MR) is 111 cm³/mol. The van der Waals surface area contributed by atoms with Crippen LogP contribution in [-0.2, 0) is 17.4 Å². The molecule has 0 spiro atoms. The van der Waals surface area contributed by atoms with Crippen LogP contribution in [-0.4, -0.2) is 27.0 Å². The fraction of sp³-hybridized carbons (Fsp3) is 0.130. The third-order valence-corrected chi connectivity index (χ3v) is 4.80.